The number of anilines is 1. The molecule has 0 aliphatic rings. The van der Waals surface area contributed by atoms with E-state index >= 15 is 0 Å². The van der Waals surface area contributed by atoms with Gasteiger partial charge in [0.2, 0.25) is 5.78 Å². The van der Waals surface area contributed by atoms with Crippen molar-refractivity contribution < 1.29 is 9.59 Å². The average molecular weight is 422 g/mol. The van der Waals surface area contributed by atoms with Crippen molar-refractivity contribution in [3.05, 3.63) is 65.5 Å². The molecule has 3 rings (SSSR count). The molecule has 0 amide bonds. The lowest BCUT2D eigenvalue weighted by Crippen LogP contribution is -2.19. The Labute approximate surface area is 182 Å². The van der Waals surface area contributed by atoms with Gasteiger partial charge in [0.1, 0.15) is 6.33 Å². The zero-order valence-electron chi connectivity index (χ0n) is 18.1. The van der Waals surface area contributed by atoms with Gasteiger partial charge in [-0.25, -0.2) is 4.98 Å². The lowest BCUT2D eigenvalue weighted by Gasteiger charge is -2.18. The largest absolute Gasteiger partial charge is 0.399 e. The van der Waals surface area contributed by atoms with Crippen LogP contribution in [-0.4, -0.2) is 31.7 Å². The van der Waals surface area contributed by atoms with Gasteiger partial charge in [0.15, 0.2) is 5.82 Å². The number of aromatic nitrogens is 4. The van der Waals surface area contributed by atoms with Crippen LogP contribution in [-0.2, 0) is 17.6 Å². The van der Waals surface area contributed by atoms with Crippen LogP contribution in [0.3, 0.4) is 0 Å². The first-order chi connectivity index (χ1) is 15.1. The predicted octanol–water partition coefficient (Wildman–Crippen LogP) is 4.40. The molecule has 0 saturated carbocycles. The number of rotatable bonds is 13. The van der Waals surface area contributed by atoms with E-state index in [4.69, 9.17) is 5.73 Å². The third kappa shape index (κ3) is 6.38. The fraction of sp³-hybridized carbons (Fsp3) is 0.417. The quantitative estimate of drug-likeness (QED) is 0.164. The van der Waals surface area contributed by atoms with E-state index in [0.29, 0.717) is 5.92 Å². The second-order valence-corrected chi connectivity index (χ2v) is 8.00. The van der Waals surface area contributed by atoms with Crippen LogP contribution in [0.5, 0.6) is 0 Å². The van der Waals surface area contributed by atoms with Crippen LogP contribution in [0, 0.1) is 0 Å². The number of H-pyrrole nitrogens is 2. The molecule has 164 valence electrons. The van der Waals surface area contributed by atoms with Crippen molar-refractivity contribution in [3.63, 3.8) is 0 Å². The summed E-state index contributed by atoms with van der Waals surface area (Å²) in [6.45, 7) is 2.19. The number of nitrogens with two attached hydrogens (primary N) is 1. The molecule has 4 N–H and O–H groups in total. The van der Waals surface area contributed by atoms with Gasteiger partial charge in [-0.2, -0.15) is 5.10 Å². The molecule has 1 aromatic carbocycles. The molecule has 2 heterocycles. The molecule has 0 fully saturated rings. The fourth-order valence-electron chi connectivity index (χ4n) is 3.95. The molecule has 3 aromatic rings. The number of nitrogens with zero attached hydrogens (tertiary/aromatic N) is 2. The topological polar surface area (TPSA) is 118 Å². The zero-order chi connectivity index (χ0) is 22.1. The van der Waals surface area contributed by atoms with Crippen molar-refractivity contribution in [2.24, 2.45) is 0 Å². The third-order valence-electron chi connectivity index (χ3n) is 5.68. The first-order valence-electron chi connectivity index (χ1n) is 11.0. The number of aromatic amines is 2. The Morgan fingerprint density at radius 1 is 1.06 bits per heavy atom. The minimum atomic E-state index is -0.633. The van der Waals surface area contributed by atoms with E-state index in [1.165, 1.54) is 11.9 Å². The number of hydrogen-bond donors (Lipinski definition) is 3. The monoisotopic (exact) mass is 421 g/mol. The molecule has 0 saturated heterocycles. The van der Waals surface area contributed by atoms with Crippen LogP contribution in [0.2, 0.25) is 0 Å². The van der Waals surface area contributed by atoms with Gasteiger partial charge in [-0.3, -0.25) is 14.7 Å². The second-order valence-electron chi connectivity index (χ2n) is 8.00. The summed E-state index contributed by atoms with van der Waals surface area (Å²) in [5.41, 5.74) is 9.84. The normalized spacial score (nSPS) is 12.0. The van der Waals surface area contributed by atoms with E-state index in [2.05, 4.69) is 45.3 Å². The summed E-state index contributed by atoms with van der Waals surface area (Å²) in [5, 5.41) is 6.11. The van der Waals surface area contributed by atoms with E-state index in [9.17, 15) is 9.59 Å². The van der Waals surface area contributed by atoms with Gasteiger partial charge in [0.05, 0.1) is 6.42 Å². The molecule has 0 bridgehead atoms. The smallest absolute Gasteiger partial charge is 0.265 e. The third-order valence-corrected chi connectivity index (χ3v) is 5.68. The highest BCUT2D eigenvalue weighted by Crippen LogP contribution is 2.30. The molecular formula is C24H31N5O2. The Kier molecular flexibility index (Phi) is 8.15. The maximum atomic E-state index is 12.5. The Morgan fingerprint density at radius 2 is 1.84 bits per heavy atom. The molecule has 31 heavy (non-hydrogen) atoms. The predicted molar refractivity (Wildman–Crippen MR) is 121 cm³/mol. The summed E-state index contributed by atoms with van der Waals surface area (Å²) in [6.07, 6.45) is 10.8. The summed E-state index contributed by atoms with van der Waals surface area (Å²) >= 11 is 0. The van der Waals surface area contributed by atoms with Crippen LogP contribution < -0.4 is 5.73 Å². The highest BCUT2D eigenvalue weighted by Gasteiger charge is 2.23. The van der Waals surface area contributed by atoms with Gasteiger partial charge in [-0.05, 0) is 60.9 Å². The Hall–Kier alpha value is -3.22. The number of Topliss-reactive ketones (excluding diaryl/α,β-unsaturated/α-hetero) is 2. The van der Waals surface area contributed by atoms with Crippen molar-refractivity contribution in [1.29, 1.82) is 0 Å². The van der Waals surface area contributed by atoms with Crippen LogP contribution in [0.15, 0.2) is 42.9 Å². The molecule has 1 unspecified atom stereocenters. The van der Waals surface area contributed by atoms with Crippen molar-refractivity contribution in [1.82, 2.24) is 20.2 Å². The average Bonchev–Trinajstić information content (AvgIpc) is 3.46. The fourth-order valence-corrected chi connectivity index (χ4v) is 3.95. The van der Waals surface area contributed by atoms with Gasteiger partial charge in [0, 0.05) is 17.6 Å². The number of carbonyl (C=O) groups is 2. The maximum Gasteiger partial charge on any atom is 0.265 e. The van der Waals surface area contributed by atoms with Gasteiger partial charge in [0.25, 0.3) is 5.78 Å². The second kappa shape index (κ2) is 11.2. The maximum absolute atomic E-state index is 12.5. The minimum absolute atomic E-state index is 0.0108. The number of nitrogens with one attached hydrogen (secondary N) is 2. The molecule has 2 aromatic heterocycles. The zero-order valence-corrected chi connectivity index (χ0v) is 18.1. The van der Waals surface area contributed by atoms with E-state index in [-0.39, 0.29) is 12.2 Å². The van der Waals surface area contributed by atoms with E-state index in [0.717, 1.165) is 61.9 Å². The number of carbonyl (C=O) groups excluding carboxylic acids is 2. The molecule has 0 radical (unpaired) electrons. The summed E-state index contributed by atoms with van der Waals surface area (Å²) in [6, 6.07) is 10.1. The van der Waals surface area contributed by atoms with Gasteiger partial charge in [-0.15, -0.1) is 0 Å². The van der Waals surface area contributed by atoms with Gasteiger partial charge < -0.3 is 10.7 Å². The molecule has 0 spiro atoms. The Bertz CT molecular complexity index is 960. The molecule has 1 atom stereocenters. The van der Waals surface area contributed by atoms with Crippen LogP contribution in [0.1, 0.15) is 78.8 Å². The first-order valence-corrected chi connectivity index (χ1v) is 11.0. The number of aryl methyl sites for hydroxylation is 1. The molecule has 0 aliphatic carbocycles. The first kappa shape index (κ1) is 22.5. The van der Waals surface area contributed by atoms with Crippen molar-refractivity contribution >= 4 is 17.3 Å². The molecule has 0 aliphatic heterocycles. The molecular weight excluding hydrogens is 390 g/mol. The Morgan fingerprint density at radius 3 is 2.55 bits per heavy atom. The van der Waals surface area contributed by atoms with E-state index in [1.54, 1.807) is 0 Å². The van der Waals surface area contributed by atoms with Crippen molar-refractivity contribution in [3.8, 4) is 0 Å². The van der Waals surface area contributed by atoms with Gasteiger partial charge >= 0.3 is 0 Å². The van der Waals surface area contributed by atoms with E-state index < -0.39 is 11.6 Å². The number of benzene rings is 1. The van der Waals surface area contributed by atoms with Crippen molar-refractivity contribution in [2.45, 2.75) is 64.2 Å². The summed E-state index contributed by atoms with van der Waals surface area (Å²) in [7, 11) is 0. The lowest BCUT2D eigenvalue weighted by molar-refractivity contribution is -0.114. The summed E-state index contributed by atoms with van der Waals surface area (Å²) in [5.74, 6) is -0.756. The number of hydrogen-bond acceptors (Lipinski definition) is 5. The summed E-state index contributed by atoms with van der Waals surface area (Å²) < 4.78 is 0. The highest BCUT2D eigenvalue weighted by atomic mass is 16.2. The molecule has 7 nitrogen and oxygen atoms in total. The van der Waals surface area contributed by atoms with Crippen molar-refractivity contribution in [2.75, 3.05) is 5.73 Å². The summed E-state index contributed by atoms with van der Waals surface area (Å²) in [4.78, 5) is 31.7. The SMILES string of the molecule is CCCCC(CCCCc1ccc(N)cc1)c1cc[nH]c1CC(=O)C(=O)c1ncn[nH]1. The Balaban J connectivity index is 1.59. The van der Waals surface area contributed by atoms with Crippen LogP contribution in [0.25, 0.3) is 0 Å². The number of nitrogen functional groups attached to an aromatic ring is 1. The highest BCUT2D eigenvalue weighted by molar-refractivity contribution is 6.43. The van der Waals surface area contributed by atoms with E-state index in [1.807, 2.05) is 18.3 Å². The standard InChI is InChI=1S/C24H31N5O2/c1-2-3-7-18(8-5-4-6-17-9-11-19(25)12-10-17)20-13-14-26-21(20)15-22(30)23(31)24-27-16-28-29-24/h9-14,16,18,26H,2-8,15,25H2,1H3,(H,27,28,29). The number of ketones is 2. The minimum Gasteiger partial charge on any atom is -0.399 e. The van der Waals surface area contributed by atoms with Crippen LogP contribution in [0.4, 0.5) is 5.69 Å². The number of unbranched alkanes of at least 4 members (excludes halogenated alkanes) is 2. The van der Waals surface area contributed by atoms with Gasteiger partial charge in [-0.1, -0.05) is 38.3 Å². The molecule has 7 heteroatoms. The lowest BCUT2D eigenvalue weighted by atomic mass is 9.87. The van der Waals surface area contributed by atoms with Crippen LogP contribution >= 0.6 is 0 Å².